The van der Waals surface area contributed by atoms with Crippen LogP contribution in [0.4, 0.5) is 0 Å². The summed E-state index contributed by atoms with van der Waals surface area (Å²) in [7, 11) is 3.32. The standard InChI is InChI=1S/C13H16N2O2/c1-15(13(16)6-7-17-2)10-12-5-3-4-11(8-12)9-14/h3-5,8H,6-7,10H2,1-2H3. The minimum absolute atomic E-state index is 0.0363. The van der Waals surface area contributed by atoms with Crippen molar-refractivity contribution in [3.05, 3.63) is 35.4 Å². The molecule has 0 aromatic heterocycles. The topological polar surface area (TPSA) is 53.3 Å². The number of amides is 1. The second-order valence-corrected chi connectivity index (χ2v) is 3.80. The van der Waals surface area contributed by atoms with E-state index in [0.29, 0.717) is 25.1 Å². The van der Waals surface area contributed by atoms with Gasteiger partial charge in [-0.25, -0.2) is 0 Å². The zero-order valence-corrected chi connectivity index (χ0v) is 10.1. The molecule has 0 heterocycles. The van der Waals surface area contributed by atoms with Gasteiger partial charge < -0.3 is 9.64 Å². The van der Waals surface area contributed by atoms with Crippen molar-refractivity contribution < 1.29 is 9.53 Å². The van der Waals surface area contributed by atoms with E-state index < -0.39 is 0 Å². The van der Waals surface area contributed by atoms with Gasteiger partial charge in [-0.05, 0) is 17.7 Å². The lowest BCUT2D eigenvalue weighted by atomic mass is 10.1. The summed E-state index contributed by atoms with van der Waals surface area (Å²) in [6.45, 7) is 0.944. The zero-order valence-electron chi connectivity index (χ0n) is 10.1. The summed E-state index contributed by atoms with van der Waals surface area (Å²) in [5.74, 6) is 0.0363. The van der Waals surface area contributed by atoms with Crippen LogP contribution in [0, 0.1) is 11.3 Å². The van der Waals surface area contributed by atoms with Crippen LogP contribution in [0.25, 0.3) is 0 Å². The summed E-state index contributed by atoms with van der Waals surface area (Å²) in [5, 5.41) is 8.77. The van der Waals surface area contributed by atoms with E-state index in [1.807, 2.05) is 12.1 Å². The van der Waals surface area contributed by atoms with Crippen molar-refractivity contribution >= 4 is 5.91 Å². The van der Waals surface area contributed by atoms with Crippen LogP contribution in [0.15, 0.2) is 24.3 Å². The number of hydrogen-bond donors (Lipinski definition) is 0. The summed E-state index contributed by atoms with van der Waals surface area (Å²) in [4.78, 5) is 13.3. The van der Waals surface area contributed by atoms with Crippen LogP contribution in [-0.2, 0) is 16.1 Å². The number of rotatable bonds is 5. The van der Waals surface area contributed by atoms with E-state index in [4.69, 9.17) is 10.00 Å². The summed E-state index contributed by atoms with van der Waals surface area (Å²) >= 11 is 0. The molecule has 4 heteroatoms. The maximum absolute atomic E-state index is 11.6. The van der Waals surface area contributed by atoms with Gasteiger partial charge in [0, 0.05) is 20.7 Å². The van der Waals surface area contributed by atoms with E-state index >= 15 is 0 Å². The molecule has 0 fully saturated rings. The zero-order chi connectivity index (χ0) is 12.7. The van der Waals surface area contributed by atoms with Crippen LogP contribution >= 0.6 is 0 Å². The molecule has 0 bridgehead atoms. The highest BCUT2D eigenvalue weighted by atomic mass is 16.5. The van der Waals surface area contributed by atoms with E-state index in [9.17, 15) is 4.79 Å². The van der Waals surface area contributed by atoms with Crippen molar-refractivity contribution in [1.82, 2.24) is 4.90 Å². The van der Waals surface area contributed by atoms with Crippen molar-refractivity contribution in [3.63, 3.8) is 0 Å². The third-order valence-corrected chi connectivity index (χ3v) is 2.42. The number of carbonyl (C=O) groups is 1. The van der Waals surface area contributed by atoms with Crippen molar-refractivity contribution in [2.45, 2.75) is 13.0 Å². The third kappa shape index (κ3) is 4.25. The normalized spacial score (nSPS) is 9.71. The van der Waals surface area contributed by atoms with Gasteiger partial charge in [0.1, 0.15) is 0 Å². The molecule has 1 amide bonds. The Morgan fingerprint density at radius 3 is 2.94 bits per heavy atom. The van der Waals surface area contributed by atoms with Crippen molar-refractivity contribution in [1.29, 1.82) is 5.26 Å². The first-order chi connectivity index (χ1) is 8.17. The third-order valence-electron chi connectivity index (χ3n) is 2.42. The molecule has 0 N–H and O–H groups in total. The molecule has 0 unspecified atom stereocenters. The molecule has 4 nitrogen and oxygen atoms in total. The van der Waals surface area contributed by atoms with Gasteiger partial charge in [0.2, 0.25) is 5.91 Å². The largest absolute Gasteiger partial charge is 0.384 e. The first-order valence-corrected chi connectivity index (χ1v) is 5.39. The molecule has 0 atom stereocenters. The molecule has 90 valence electrons. The Balaban J connectivity index is 2.58. The highest BCUT2D eigenvalue weighted by Crippen LogP contribution is 2.07. The van der Waals surface area contributed by atoms with E-state index in [2.05, 4.69) is 6.07 Å². The van der Waals surface area contributed by atoms with Gasteiger partial charge in [0.25, 0.3) is 0 Å². The molecule has 1 aromatic rings. The van der Waals surface area contributed by atoms with Crippen molar-refractivity contribution in [2.24, 2.45) is 0 Å². The molecular weight excluding hydrogens is 216 g/mol. The Kier molecular flexibility index (Phi) is 5.18. The SMILES string of the molecule is COCCC(=O)N(C)Cc1cccc(C#N)c1. The Morgan fingerprint density at radius 2 is 2.29 bits per heavy atom. The second kappa shape index (κ2) is 6.66. The van der Waals surface area contributed by atoms with Gasteiger partial charge in [-0.2, -0.15) is 5.26 Å². The number of nitrogens with zero attached hydrogens (tertiary/aromatic N) is 2. The van der Waals surface area contributed by atoms with Crippen molar-refractivity contribution in [3.8, 4) is 6.07 Å². The molecule has 0 radical (unpaired) electrons. The lowest BCUT2D eigenvalue weighted by Gasteiger charge is -2.17. The Morgan fingerprint density at radius 1 is 1.53 bits per heavy atom. The molecule has 1 rings (SSSR count). The Bertz CT molecular complexity index is 424. The maximum Gasteiger partial charge on any atom is 0.224 e. The average Bonchev–Trinajstić information content (AvgIpc) is 2.36. The van der Waals surface area contributed by atoms with Gasteiger partial charge in [-0.15, -0.1) is 0 Å². The Labute approximate surface area is 101 Å². The van der Waals surface area contributed by atoms with Crippen LogP contribution < -0.4 is 0 Å². The summed E-state index contributed by atoms with van der Waals surface area (Å²) < 4.78 is 4.86. The van der Waals surface area contributed by atoms with Crippen LogP contribution in [0.5, 0.6) is 0 Å². The summed E-state index contributed by atoms with van der Waals surface area (Å²) in [6, 6.07) is 9.34. The fourth-order valence-corrected chi connectivity index (χ4v) is 1.48. The Hall–Kier alpha value is -1.86. The molecule has 17 heavy (non-hydrogen) atoms. The second-order valence-electron chi connectivity index (χ2n) is 3.80. The minimum Gasteiger partial charge on any atom is -0.384 e. The number of methoxy groups -OCH3 is 1. The molecule has 1 aromatic carbocycles. The number of benzene rings is 1. The van der Waals surface area contributed by atoms with Gasteiger partial charge in [-0.1, -0.05) is 12.1 Å². The first kappa shape index (κ1) is 13.2. The number of carbonyl (C=O) groups excluding carboxylic acids is 1. The molecule has 0 spiro atoms. The number of hydrogen-bond acceptors (Lipinski definition) is 3. The smallest absolute Gasteiger partial charge is 0.224 e. The molecule has 0 saturated carbocycles. The van der Waals surface area contributed by atoms with Gasteiger partial charge in [0.05, 0.1) is 24.7 Å². The first-order valence-electron chi connectivity index (χ1n) is 5.39. The fraction of sp³-hybridized carbons (Fsp3) is 0.385. The lowest BCUT2D eigenvalue weighted by Crippen LogP contribution is -2.26. The molecule has 0 saturated heterocycles. The average molecular weight is 232 g/mol. The van der Waals surface area contributed by atoms with E-state index in [-0.39, 0.29) is 5.91 Å². The molecule has 0 aliphatic heterocycles. The van der Waals surface area contributed by atoms with E-state index in [1.54, 1.807) is 31.2 Å². The number of ether oxygens (including phenoxy) is 1. The monoisotopic (exact) mass is 232 g/mol. The van der Waals surface area contributed by atoms with Gasteiger partial charge >= 0.3 is 0 Å². The van der Waals surface area contributed by atoms with Crippen molar-refractivity contribution in [2.75, 3.05) is 20.8 Å². The predicted molar refractivity (Wildman–Crippen MR) is 64.1 cm³/mol. The van der Waals surface area contributed by atoms with Gasteiger partial charge in [-0.3, -0.25) is 4.79 Å². The fourth-order valence-electron chi connectivity index (χ4n) is 1.48. The minimum atomic E-state index is 0.0363. The summed E-state index contributed by atoms with van der Waals surface area (Å²) in [6.07, 6.45) is 0.380. The van der Waals surface area contributed by atoms with Crippen LogP contribution in [0.1, 0.15) is 17.5 Å². The number of nitriles is 1. The highest BCUT2D eigenvalue weighted by Gasteiger charge is 2.08. The van der Waals surface area contributed by atoms with Crippen LogP contribution in [0.2, 0.25) is 0 Å². The molecular formula is C13H16N2O2. The van der Waals surface area contributed by atoms with Crippen LogP contribution in [0.3, 0.4) is 0 Å². The van der Waals surface area contributed by atoms with Crippen LogP contribution in [-0.4, -0.2) is 31.6 Å². The summed E-state index contributed by atoms with van der Waals surface area (Å²) in [5.41, 5.74) is 1.57. The van der Waals surface area contributed by atoms with E-state index in [1.165, 1.54) is 0 Å². The molecule has 0 aliphatic carbocycles. The lowest BCUT2D eigenvalue weighted by molar-refractivity contribution is -0.131. The predicted octanol–water partition coefficient (Wildman–Crippen LogP) is 1.55. The quantitative estimate of drug-likeness (QED) is 0.774. The highest BCUT2D eigenvalue weighted by molar-refractivity contribution is 5.75. The maximum atomic E-state index is 11.6. The van der Waals surface area contributed by atoms with Gasteiger partial charge in [0.15, 0.2) is 0 Å². The molecule has 0 aliphatic rings. The van der Waals surface area contributed by atoms with E-state index in [0.717, 1.165) is 5.56 Å².